The average molecular weight is 248 g/mol. The molecule has 0 atom stereocenters. The lowest BCUT2D eigenvalue weighted by atomic mass is 10.2. The standard InChI is InChI=1S/C13H20N4O/c1-2-3-4-7-14-13-15-8-10(9-16-13)12(18)17-11-5-6-11/h8-9,11H,2-7H2,1H3,(H,17,18)(H,14,15,16). The molecule has 2 rings (SSSR count). The van der Waals surface area contributed by atoms with Gasteiger partial charge in [0.1, 0.15) is 0 Å². The van der Waals surface area contributed by atoms with E-state index in [2.05, 4.69) is 27.5 Å². The molecule has 1 fully saturated rings. The quantitative estimate of drug-likeness (QED) is 0.724. The summed E-state index contributed by atoms with van der Waals surface area (Å²) < 4.78 is 0. The van der Waals surface area contributed by atoms with Crippen LogP contribution in [-0.4, -0.2) is 28.5 Å². The number of carbonyl (C=O) groups excluding carboxylic acids is 1. The van der Waals surface area contributed by atoms with Gasteiger partial charge in [0.2, 0.25) is 5.95 Å². The van der Waals surface area contributed by atoms with E-state index in [1.54, 1.807) is 12.4 Å². The van der Waals surface area contributed by atoms with E-state index < -0.39 is 0 Å². The fourth-order valence-electron chi connectivity index (χ4n) is 1.61. The summed E-state index contributed by atoms with van der Waals surface area (Å²) in [7, 11) is 0. The predicted molar refractivity (Wildman–Crippen MR) is 70.5 cm³/mol. The van der Waals surface area contributed by atoms with Crippen molar-refractivity contribution in [3.63, 3.8) is 0 Å². The minimum Gasteiger partial charge on any atom is -0.354 e. The van der Waals surface area contributed by atoms with Gasteiger partial charge in [-0.15, -0.1) is 0 Å². The summed E-state index contributed by atoms with van der Waals surface area (Å²) in [6.07, 6.45) is 8.84. The molecule has 2 N–H and O–H groups in total. The average Bonchev–Trinajstić information content (AvgIpc) is 3.19. The monoisotopic (exact) mass is 248 g/mol. The van der Waals surface area contributed by atoms with Gasteiger partial charge in [-0.25, -0.2) is 9.97 Å². The molecule has 0 spiro atoms. The number of hydrogen-bond donors (Lipinski definition) is 2. The van der Waals surface area contributed by atoms with Crippen molar-refractivity contribution in [1.82, 2.24) is 15.3 Å². The summed E-state index contributed by atoms with van der Waals surface area (Å²) in [6.45, 7) is 3.05. The van der Waals surface area contributed by atoms with Crippen LogP contribution in [0.3, 0.4) is 0 Å². The van der Waals surface area contributed by atoms with Crippen LogP contribution in [0.15, 0.2) is 12.4 Å². The minimum absolute atomic E-state index is 0.0740. The largest absolute Gasteiger partial charge is 0.354 e. The van der Waals surface area contributed by atoms with Gasteiger partial charge in [-0.1, -0.05) is 19.8 Å². The molecular formula is C13H20N4O. The van der Waals surface area contributed by atoms with Crippen molar-refractivity contribution in [2.24, 2.45) is 0 Å². The van der Waals surface area contributed by atoms with E-state index in [-0.39, 0.29) is 5.91 Å². The van der Waals surface area contributed by atoms with Gasteiger partial charge in [0, 0.05) is 25.0 Å². The maximum atomic E-state index is 11.7. The van der Waals surface area contributed by atoms with Crippen molar-refractivity contribution in [1.29, 1.82) is 0 Å². The lowest BCUT2D eigenvalue weighted by Crippen LogP contribution is -2.25. The van der Waals surface area contributed by atoms with Crippen LogP contribution in [0, 0.1) is 0 Å². The molecule has 0 aromatic carbocycles. The molecular weight excluding hydrogens is 228 g/mol. The molecule has 1 amide bonds. The Morgan fingerprint density at radius 3 is 2.67 bits per heavy atom. The van der Waals surface area contributed by atoms with Crippen LogP contribution >= 0.6 is 0 Å². The van der Waals surface area contributed by atoms with Gasteiger partial charge in [-0.2, -0.15) is 0 Å². The zero-order valence-electron chi connectivity index (χ0n) is 10.8. The molecule has 0 unspecified atom stereocenters. The highest BCUT2D eigenvalue weighted by molar-refractivity contribution is 5.94. The Kier molecular flexibility index (Phi) is 4.50. The first-order valence-corrected chi connectivity index (χ1v) is 6.66. The topological polar surface area (TPSA) is 66.9 Å². The summed E-state index contributed by atoms with van der Waals surface area (Å²) in [5.41, 5.74) is 0.529. The maximum absolute atomic E-state index is 11.7. The molecule has 0 bridgehead atoms. The minimum atomic E-state index is -0.0740. The number of carbonyl (C=O) groups is 1. The fraction of sp³-hybridized carbons (Fsp3) is 0.615. The van der Waals surface area contributed by atoms with E-state index in [0.29, 0.717) is 17.6 Å². The molecule has 1 aliphatic carbocycles. The molecule has 18 heavy (non-hydrogen) atoms. The summed E-state index contributed by atoms with van der Waals surface area (Å²) in [5.74, 6) is 0.518. The molecule has 1 aromatic rings. The lowest BCUT2D eigenvalue weighted by Gasteiger charge is -2.05. The summed E-state index contributed by atoms with van der Waals surface area (Å²) >= 11 is 0. The number of hydrogen-bond acceptors (Lipinski definition) is 4. The second kappa shape index (κ2) is 6.33. The van der Waals surface area contributed by atoms with Crippen molar-refractivity contribution < 1.29 is 4.79 Å². The normalized spacial score (nSPS) is 14.3. The molecule has 5 heteroatoms. The van der Waals surface area contributed by atoms with Gasteiger partial charge >= 0.3 is 0 Å². The third kappa shape index (κ3) is 3.98. The van der Waals surface area contributed by atoms with E-state index in [4.69, 9.17) is 0 Å². The molecule has 0 aliphatic heterocycles. The van der Waals surface area contributed by atoms with Crippen LogP contribution in [0.5, 0.6) is 0 Å². The third-order valence-corrected chi connectivity index (χ3v) is 2.89. The van der Waals surface area contributed by atoms with Crippen LogP contribution < -0.4 is 10.6 Å². The molecule has 1 saturated carbocycles. The van der Waals surface area contributed by atoms with Crippen LogP contribution in [0.2, 0.25) is 0 Å². The second-order valence-corrected chi connectivity index (χ2v) is 4.68. The van der Waals surface area contributed by atoms with Gasteiger partial charge in [0.05, 0.1) is 5.56 Å². The first-order chi connectivity index (χ1) is 8.79. The number of nitrogens with zero attached hydrogens (tertiary/aromatic N) is 2. The first-order valence-electron chi connectivity index (χ1n) is 6.66. The van der Waals surface area contributed by atoms with Gasteiger partial charge in [-0.05, 0) is 19.3 Å². The maximum Gasteiger partial charge on any atom is 0.254 e. The van der Waals surface area contributed by atoms with Gasteiger partial charge in [0.15, 0.2) is 0 Å². The smallest absolute Gasteiger partial charge is 0.254 e. The highest BCUT2D eigenvalue weighted by Gasteiger charge is 2.23. The van der Waals surface area contributed by atoms with E-state index in [1.165, 1.54) is 12.8 Å². The van der Waals surface area contributed by atoms with Crippen molar-refractivity contribution in [3.05, 3.63) is 18.0 Å². The van der Waals surface area contributed by atoms with E-state index in [9.17, 15) is 4.79 Å². The number of aromatic nitrogens is 2. The van der Waals surface area contributed by atoms with Gasteiger partial charge in [-0.3, -0.25) is 4.79 Å². The summed E-state index contributed by atoms with van der Waals surface area (Å²) in [5, 5.41) is 6.05. The van der Waals surface area contributed by atoms with Crippen LogP contribution in [0.1, 0.15) is 49.4 Å². The number of nitrogens with one attached hydrogen (secondary N) is 2. The van der Waals surface area contributed by atoms with Crippen LogP contribution in [0.25, 0.3) is 0 Å². The van der Waals surface area contributed by atoms with E-state index >= 15 is 0 Å². The lowest BCUT2D eigenvalue weighted by molar-refractivity contribution is 0.0950. The molecule has 5 nitrogen and oxygen atoms in total. The fourth-order valence-corrected chi connectivity index (χ4v) is 1.61. The van der Waals surface area contributed by atoms with Crippen molar-refractivity contribution in [2.45, 2.75) is 45.1 Å². The Labute approximate surface area is 107 Å². The summed E-state index contributed by atoms with van der Waals surface area (Å²) in [6, 6.07) is 0.365. The number of unbranched alkanes of at least 4 members (excludes halogenated alkanes) is 2. The number of amides is 1. The highest BCUT2D eigenvalue weighted by Crippen LogP contribution is 2.19. The number of rotatable bonds is 7. The Hall–Kier alpha value is -1.65. The Balaban J connectivity index is 1.78. The van der Waals surface area contributed by atoms with Gasteiger partial charge < -0.3 is 10.6 Å². The Morgan fingerprint density at radius 1 is 1.33 bits per heavy atom. The Morgan fingerprint density at radius 2 is 2.06 bits per heavy atom. The molecule has 1 aliphatic rings. The summed E-state index contributed by atoms with van der Waals surface area (Å²) in [4.78, 5) is 20.0. The SMILES string of the molecule is CCCCCNc1ncc(C(=O)NC2CC2)cn1. The highest BCUT2D eigenvalue weighted by atomic mass is 16.1. The predicted octanol–water partition coefficient (Wildman–Crippen LogP) is 1.97. The Bertz CT molecular complexity index is 386. The van der Waals surface area contributed by atoms with Crippen molar-refractivity contribution in [3.8, 4) is 0 Å². The molecule has 1 heterocycles. The van der Waals surface area contributed by atoms with E-state index in [1.807, 2.05) is 0 Å². The third-order valence-electron chi connectivity index (χ3n) is 2.89. The first kappa shape index (κ1) is 12.8. The van der Waals surface area contributed by atoms with Crippen LogP contribution in [-0.2, 0) is 0 Å². The second-order valence-electron chi connectivity index (χ2n) is 4.68. The van der Waals surface area contributed by atoms with Crippen LogP contribution in [0.4, 0.5) is 5.95 Å². The van der Waals surface area contributed by atoms with Gasteiger partial charge in [0.25, 0.3) is 5.91 Å². The van der Waals surface area contributed by atoms with E-state index in [0.717, 1.165) is 25.8 Å². The zero-order valence-corrected chi connectivity index (χ0v) is 10.8. The molecule has 0 saturated heterocycles. The zero-order chi connectivity index (χ0) is 12.8. The molecule has 0 radical (unpaired) electrons. The molecule has 98 valence electrons. The van der Waals surface area contributed by atoms with Crippen molar-refractivity contribution in [2.75, 3.05) is 11.9 Å². The number of anilines is 1. The molecule has 1 aromatic heterocycles. The van der Waals surface area contributed by atoms with Crippen molar-refractivity contribution >= 4 is 11.9 Å².